The van der Waals surface area contributed by atoms with Gasteiger partial charge in [0.25, 0.3) is 5.91 Å². The zero-order chi connectivity index (χ0) is 22.9. The van der Waals surface area contributed by atoms with Gasteiger partial charge < -0.3 is 10.1 Å². The van der Waals surface area contributed by atoms with Gasteiger partial charge in [0.15, 0.2) is 17.7 Å². The molecule has 0 bridgehead atoms. The first-order chi connectivity index (χ1) is 14.6. The Morgan fingerprint density at radius 2 is 1.52 bits per heavy atom. The average Bonchev–Trinajstić information content (AvgIpc) is 2.70. The van der Waals surface area contributed by atoms with Crippen molar-refractivity contribution in [3.05, 3.63) is 69.2 Å². The van der Waals surface area contributed by atoms with Crippen molar-refractivity contribution < 1.29 is 28.7 Å². The highest BCUT2D eigenvalue weighted by atomic mass is 35.5. The zero-order valence-corrected chi connectivity index (χ0v) is 17.7. The SMILES string of the molecule is CC(C)NC(=O)NC(=O)C(C)OC(=O)c1ccc2c(c1Cl)C(=O)c1ccccc1C2=O. The third kappa shape index (κ3) is 4.34. The van der Waals surface area contributed by atoms with Crippen molar-refractivity contribution >= 4 is 41.1 Å². The van der Waals surface area contributed by atoms with Gasteiger partial charge in [0.2, 0.25) is 0 Å². The summed E-state index contributed by atoms with van der Waals surface area (Å²) in [5.74, 6) is -2.67. The molecule has 160 valence electrons. The summed E-state index contributed by atoms with van der Waals surface area (Å²) in [6, 6.07) is 8.00. The molecule has 0 fully saturated rings. The van der Waals surface area contributed by atoms with Crippen LogP contribution < -0.4 is 10.6 Å². The van der Waals surface area contributed by atoms with E-state index in [4.69, 9.17) is 16.3 Å². The highest BCUT2D eigenvalue weighted by molar-refractivity contribution is 6.41. The maximum absolute atomic E-state index is 12.9. The fraction of sp³-hybridized carbons (Fsp3) is 0.227. The van der Waals surface area contributed by atoms with Gasteiger partial charge in [0.05, 0.1) is 16.1 Å². The lowest BCUT2D eigenvalue weighted by Gasteiger charge is -2.20. The molecule has 0 heterocycles. The smallest absolute Gasteiger partial charge is 0.340 e. The van der Waals surface area contributed by atoms with Crippen molar-refractivity contribution in [2.45, 2.75) is 32.9 Å². The summed E-state index contributed by atoms with van der Waals surface area (Å²) in [7, 11) is 0. The topological polar surface area (TPSA) is 119 Å². The van der Waals surface area contributed by atoms with E-state index in [1.165, 1.54) is 25.1 Å². The molecule has 8 nitrogen and oxygen atoms in total. The quantitative estimate of drug-likeness (QED) is 0.600. The van der Waals surface area contributed by atoms with E-state index in [-0.39, 0.29) is 44.7 Å². The Morgan fingerprint density at radius 3 is 2.13 bits per heavy atom. The number of ketones is 2. The van der Waals surface area contributed by atoms with Crippen molar-refractivity contribution in [2.24, 2.45) is 0 Å². The summed E-state index contributed by atoms with van der Waals surface area (Å²) in [6.45, 7) is 4.72. The molecule has 1 aliphatic carbocycles. The number of fused-ring (bicyclic) bond motifs is 2. The van der Waals surface area contributed by atoms with E-state index in [9.17, 15) is 24.0 Å². The molecule has 0 saturated carbocycles. The monoisotopic (exact) mass is 442 g/mol. The Labute approximate surface area is 182 Å². The molecule has 3 rings (SSSR count). The Bertz CT molecular complexity index is 1120. The number of halogens is 1. The molecule has 2 aromatic rings. The standard InChI is InChI=1S/C22H19ClN2O6/c1-10(2)24-22(30)25-20(28)11(3)31-21(29)15-9-8-14-16(17(15)23)19(27)13-7-5-4-6-12(13)18(14)26/h4-11H,1-3H3,(H2,24,25,28,30). The maximum Gasteiger partial charge on any atom is 0.340 e. The Kier molecular flexibility index (Phi) is 6.21. The normalized spacial score (nSPS) is 13.2. The number of urea groups is 1. The third-order valence-electron chi connectivity index (χ3n) is 4.56. The highest BCUT2D eigenvalue weighted by Gasteiger charge is 2.34. The van der Waals surface area contributed by atoms with E-state index in [0.717, 1.165) is 0 Å². The molecule has 1 atom stereocenters. The van der Waals surface area contributed by atoms with Gasteiger partial charge in [-0.2, -0.15) is 0 Å². The van der Waals surface area contributed by atoms with Gasteiger partial charge >= 0.3 is 12.0 Å². The van der Waals surface area contributed by atoms with E-state index in [2.05, 4.69) is 10.6 Å². The number of rotatable bonds is 4. The predicted octanol–water partition coefficient (Wildman–Crippen LogP) is 2.89. The first kappa shape index (κ1) is 22.2. The van der Waals surface area contributed by atoms with Gasteiger partial charge in [-0.3, -0.25) is 19.7 Å². The summed E-state index contributed by atoms with van der Waals surface area (Å²) in [5, 5.41) is 4.29. The summed E-state index contributed by atoms with van der Waals surface area (Å²) in [6.07, 6.45) is -1.31. The minimum Gasteiger partial charge on any atom is -0.449 e. The van der Waals surface area contributed by atoms with Gasteiger partial charge in [-0.25, -0.2) is 9.59 Å². The first-order valence-corrected chi connectivity index (χ1v) is 9.82. The van der Waals surface area contributed by atoms with Gasteiger partial charge in [0, 0.05) is 22.7 Å². The number of benzene rings is 2. The van der Waals surface area contributed by atoms with E-state index < -0.39 is 29.8 Å². The zero-order valence-electron chi connectivity index (χ0n) is 16.9. The second-order valence-corrected chi connectivity index (χ2v) is 7.60. The van der Waals surface area contributed by atoms with Crippen LogP contribution in [0, 0.1) is 0 Å². The number of ether oxygens (including phenoxy) is 1. The predicted molar refractivity (Wildman–Crippen MR) is 111 cm³/mol. The Morgan fingerprint density at radius 1 is 0.903 bits per heavy atom. The Balaban J connectivity index is 1.82. The number of imide groups is 1. The second-order valence-electron chi connectivity index (χ2n) is 7.22. The lowest BCUT2D eigenvalue weighted by Crippen LogP contribution is -2.46. The molecule has 0 radical (unpaired) electrons. The van der Waals surface area contributed by atoms with Crippen LogP contribution >= 0.6 is 11.6 Å². The van der Waals surface area contributed by atoms with Crippen molar-refractivity contribution in [2.75, 3.05) is 0 Å². The van der Waals surface area contributed by atoms with Crippen molar-refractivity contribution in [1.82, 2.24) is 10.6 Å². The first-order valence-electron chi connectivity index (χ1n) is 9.45. The molecule has 9 heteroatoms. The fourth-order valence-electron chi connectivity index (χ4n) is 3.09. The molecule has 3 amide bonds. The molecule has 0 aliphatic heterocycles. The van der Waals surface area contributed by atoms with Crippen LogP contribution in [0.3, 0.4) is 0 Å². The Hall–Kier alpha value is -3.52. The molecule has 2 N–H and O–H groups in total. The second kappa shape index (κ2) is 8.69. The molecular formula is C22H19ClN2O6. The maximum atomic E-state index is 12.9. The molecule has 0 spiro atoms. The number of carbonyl (C=O) groups is 5. The van der Waals surface area contributed by atoms with Crippen LogP contribution in [-0.2, 0) is 9.53 Å². The van der Waals surface area contributed by atoms with Crippen LogP contribution in [0.25, 0.3) is 0 Å². The highest BCUT2D eigenvalue weighted by Crippen LogP contribution is 2.34. The third-order valence-corrected chi connectivity index (χ3v) is 4.95. The van der Waals surface area contributed by atoms with E-state index in [0.29, 0.717) is 0 Å². The van der Waals surface area contributed by atoms with Gasteiger partial charge in [-0.05, 0) is 32.9 Å². The summed E-state index contributed by atoms with van der Waals surface area (Å²) >= 11 is 6.31. The molecule has 0 saturated heterocycles. The van der Waals surface area contributed by atoms with Crippen molar-refractivity contribution in [3.8, 4) is 0 Å². The van der Waals surface area contributed by atoms with Crippen molar-refractivity contribution in [1.29, 1.82) is 0 Å². The fourth-order valence-corrected chi connectivity index (χ4v) is 3.42. The molecule has 2 aromatic carbocycles. The van der Waals surface area contributed by atoms with Crippen LogP contribution in [0.2, 0.25) is 5.02 Å². The minimum atomic E-state index is -1.31. The lowest BCUT2D eigenvalue weighted by atomic mass is 9.83. The van der Waals surface area contributed by atoms with E-state index in [1.54, 1.807) is 32.0 Å². The number of hydrogen-bond acceptors (Lipinski definition) is 6. The molecular weight excluding hydrogens is 424 g/mol. The van der Waals surface area contributed by atoms with E-state index >= 15 is 0 Å². The van der Waals surface area contributed by atoms with Crippen LogP contribution in [0.4, 0.5) is 4.79 Å². The number of amides is 3. The van der Waals surface area contributed by atoms with E-state index in [1.807, 2.05) is 0 Å². The van der Waals surface area contributed by atoms with Gasteiger partial charge in [-0.15, -0.1) is 0 Å². The lowest BCUT2D eigenvalue weighted by molar-refractivity contribution is -0.127. The number of esters is 1. The molecule has 0 aromatic heterocycles. The average molecular weight is 443 g/mol. The summed E-state index contributed by atoms with van der Waals surface area (Å²) in [4.78, 5) is 61.9. The van der Waals surface area contributed by atoms with Crippen molar-refractivity contribution in [3.63, 3.8) is 0 Å². The molecule has 1 unspecified atom stereocenters. The largest absolute Gasteiger partial charge is 0.449 e. The molecule has 31 heavy (non-hydrogen) atoms. The minimum absolute atomic E-state index is 0.0846. The van der Waals surface area contributed by atoms with Gasteiger partial charge in [0.1, 0.15) is 0 Å². The van der Waals surface area contributed by atoms with Crippen LogP contribution in [0.5, 0.6) is 0 Å². The number of hydrogen-bond donors (Lipinski definition) is 2. The van der Waals surface area contributed by atoms with Crippen LogP contribution in [0.1, 0.15) is 63.0 Å². The van der Waals surface area contributed by atoms with Crippen LogP contribution in [-0.4, -0.2) is 41.6 Å². The summed E-state index contributed by atoms with van der Waals surface area (Å²) in [5.41, 5.74) is 0.273. The van der Waals surface area contributed by atoms with Crippen LogP contribution in [0.15, 0.2) is 36.4 Å². The molecule has 1 aliphatic rings. The van der Waals surface area contributed by atoms with Gasteiger partial charge in [-0.1, -0.05) is 35.9 Å². The summed E-state index contributed by atoms with van der Waals surface area (Å²) < 4.78 is 5.10. The number of nitrogens with one attached hydrogen (secondary N) is 2. The number of carbonyl (C=O) groups excluding carboxylic acids is 5.